The summed E-state index contributed by atoms with van der Waals surface area (Å²) in [5.74, 6) is -3.50. The molecule has 88 valence electrons. The lowest BCUT2D eigenvalue weighted by atomic mass is 9.93. The van der Waals surface area contributed by atoms with Gasteiger partial charge in [0.25, 0.3) is 0 Å². The van der Waals surface area contributed by atoms with Crippen LogP contribution in [0.2, 0.25) is 0 Å². The number of esters is 1. The zero-order chi connectivity index (χ0) is 12.3. The van der Waals surface area contributed by atoms with Gasteiger partial charge in [0.1, 0.15) is 5.92 Å². The van der Waals surface area contributed by atoms with E-state index in [1.54, 1.807) is 6.92 Å². The Morgan fingerprint density at radius 1 is 1.31 bits per heavy atom. The number of imide groups is 2. The minimum absolute atomic E-state index is 0.0115. The Morgan fingerprint density at radius 3 is 2.25 bits per heavy atom. The SMILES string of the molecule is COC(=O)C(C)CC1C(=O)NC(=O)NC1=O. The molecule has 4 amide bonds. The van der Waals surface area contributed by atoms with Crippen LogP contribution in [0.4, 0.5) is 4.79 Å². The third-order valence-corrected chi connectivity index (χ3v) is 2.30. The number of hydrogen-bond donors (Lipinski definition) is 2. The Morgan fingerprint density at radius 2 is 1.81 bits per heavy atom. The average molecular weight is 228 g/mol. The van der Waals surface area contributed by atoms with Crippen molar-refractivity contribution in [1.82, 2.24) is 10.6 Å². The summed E-state index contributed by atoms with van der Waals surface area (Å²) in [5, 5.41) is 3.92. The number of hydrogen-bond acceptors (Lipinski definition) is 5. The summed E-state index contributed by atoms with van der Waals surface area (Å²) in [4.78, 5) is 44.5. The third kappa shape index (κ3) is 2.56. The summed E-state index contributed by atoms with van der Waals surface area (Å²) in [6.07, 6.45) is 0.0115. The summed E-state index contributed by atoms with van der Waals surface area (Å²) in [5.41, 5.74) is 0. The molecule has 0 radical (unpaired) electrons. The lowest BCUT2D eigenvalue weighted by molar-refractivity contribution is -0.146. The predicted molar refractivity (Wildman–Crippen MR) is 51.0 cm³/mol. The van der Waals surface area contributed by atoms with Gasteiger partial charge >= 0.3 is 12.0 Å². The van der Waals surface area contributed by atoms with Crippen LogP contribution in [-0.2, 0) is 19.1 Å². The van der Waals surface area contributed by atoms with E-state index in [9.17, 15) is 19.2 Å². The summed E-state index contributed by atoms with van der Waals surface area (Å²) >= 11 is 0. The van der Waals surface area contributed by atoms with Crippen LogP contribution in [0.3, 0.4) is 0 Å². The highest BCUT2D eigenvalue weighted by molar-refractivity contribution is 6.16. The Kier molecular flexibility index (Phi) is 3.60. The van der Waals surface area contributed by atoms with Crippen molar-refractivity contribution in [2.75, 3.05) is 7.11 Å². The molecule has 0 bridgehead atoms. The van der Waals surface area contributed by atoms with Crippen molar-refractivity contribution in [3.63, 3.8) is 0 Å². The smallest absolute Gasteiger partial charge is 0.328 e. The van der Waals surface area contributed by atoms with Crippen molar-refractivity contribution in [2.45, 2.75) is 13.3 Å². The zero-order valence-electron chi connectivity index (χ0n) is 8.90. The number of nitrogens with one attached hydrogen (secondary N) is 2. The molecule has 0 aromatic heterocycles. The van der Waals surface area contributed by atoms with Crippen molar-refractivity contribution in [2.24, 2.45) is 11.8 Å². The Bertz CT molecular complexity index is 332. The summed E-state index contributed by atoms with van der Waals surface area (Å²) in [6, 6.07) is -0.836. The predicted octanol–water partition coefficient (Wildman–Crippen LogP) is -0.832. The van der Waals surface area contributed by atoms with Crippen molar-refractivity contribution in [3.8, 4) is 0 Å². The maximum absolute atomic E-state index is 11.3. The summed E-state index contributed by atoms with van der Waals surface area (Å²) in [6.45, 7) is 1.54. The van der Waals surface area contributed by atoms with E-state index in [0.717, 1.165) is 0 Å². The van der Waals surface area contributed by atoms with E-state index in [-0.39, 0.29) is 6.42 Å². The van der Waals surface area contributed by atoms with E-state index >= 15 is 0 Å². The van der Waals surface area contributed by atoms with Gasteiger partial charge in [-0.15, -0.1) is 0 Å². The summed E-state index contributed by atoms with van der Waals surface area (Å²) < 4.78 is 4.48. The molecule has 1 heterocycles. The van der Waals surface area contributed by atoms with Gasteiger partial charge in [-0.05, 0) is 6.42 Å². The molecule has 1 fully saturated rings. The highest BCUT2D eigenvalue weighted by Gasteiger charge is 2.36. The molecule has 1 aliphatic rings. The second kappa shape index (κ2) is 4.73. The molecule has 1 aliphatic heterocycles. The van der Waals surface area contributed by atoms with Gasteiger partial charge in [0.2, 0.25) is 11.8 Å². The number of carbonyl (C=O) groups excluding carboxylic acids is 4. The molecule has 0 aliphatic carbocycles. The van der Waals surface area contributed by atoms with Gasteiger partial charge in [0.05, 0.1) is 13.0 Å². The van der Waals surface area contributed by atoms with Crippen LogP contribution in [0.15, 0.2) is 0 Å². The first-order valence-corrected chi connectivity index (χ1v) is 4.69. The number of urea groups is 1. The van der Waals surface area contributed by atoms with E-state index in [0.29, 0.717) is 0 Å². The van der Waals surface area contributed by atoms with Crippen LogP contribution < -0.4 is 10.6 Å². The van der Waals surface area contributed by atoms with Crippen molar-refractivity contribution >= 4 is 23.8 Å². The molecule has 1 rings (SSSR count). The largest absolute Gasteiger partial charge is 0.469 e. The quantitative estimate of drug-likeness (QED) is 0.485. The number of ether oxygens (including phenoxy) is 1. The van der Waals surface area contributed by atoms with Crippen LogP contribution in [0.1, 0.15) is 13.3 Å². The maximum Gasteiger partial charge on any atom is 0.328 e. The summed E-state index contributed by atoms with van der Waals surface area (Å²) in [7, 11) is 1.23. The molecule has 0 aromatic carbocycles. The highest BCUT2D eigenvalue weighted by Crippen LogP contribution is 2.15. The second-order valence-electron chi connectivity index (χ2n) is 3.52. The van der Waals surface area contributed by atoms with Crippen LogP contribution in [-0.4, -0.2) is 30.9 Å². The van der Waals surface area contributed by atoms with Crippen LogP contribution in [0.25, 0.3) is 0 Å². The fourth-order valence-corrected chi connectivity index (χ4v) is 1.41. The van der Waals surface area contributed by atoms with Crippen LogP contribution >= 0.6 is 0 Å². The van der Waals surface area contributed by atoms with E-state index in [1.165, 1.54) is 7.11 Å². The van der Waals surface area contributed by atoms with Crippen molar-refractivity contribution in [3.05, 3.63) is 0 Å². The number of rotatable bonds is 3. The zero-order valence-corrected chi connectivity index (χ0v) is 8.90. The Hall–Kier alpha value is -1.92. The van der Waals surface area contributed by atoms with Gasteiger partial charge < -0.3 is 4.74 Å². The molecule has 16 heavy (non-hydrogen) atoms. The molecule has 0 spiro atoms. The van der Waals surface area contributed by atoms with Gasteiger partial charge in [-0.2, -0.15) is 0 Å². The molecular formula is C9H12N2O5. The molecule has 1 saturated heterocycles. The first-order chi connectivity index (χ1) is 7.45. The standard InChI is InChI=1S/C9H12N2O5/c1-4(8(14)16-2)3-5-6(12)10-9(15)11-7(5)13/h4-5H,3H2,1-2H3,(H2,10,11,12,13,15). The molecule has 1 unspecified atom stereocenters. The Balaban J connectivity index is 2.66. The van der Waals surface area contributed by atoms with Crippen molar-refractivity contribution in [1.29, 1.82) is 0 Å². The van der Waals surface area contributed by atoms with Crippen LogP contribution in [0, 0.1) is 11.8 Å². The van der Waals surface area contributed by atoms with Gasteiger partial charge in [0, 0.05) is 0 Å². The Labute approximate surface area is 91.5 Å². The third-order valence-electron chi connectivity index (χ3n) is 2.30. The lowest BCUT2D eigenvalue weighted by Crippen LogP contribution is -2.56. The average Bonchev–Trinajstić information content (AvgIpc) is 2.21. The van der Waals surface area contributed by atoms with Gasteiger partial charge in [-0.1, -0.05) is 6.92 Å². The molecule has 1 atom stereocenters. The van der Waals surface area contributed by atoms with E-state index in [2.05, 4.69) is 4.74 Å². The first-order valence-electron chi connectivity index (χ1n) is 4.69. The topological polar surface area (TPSA) is 102 Å². The minimum atomic E-state index is -1.04. The molecule has 7 heteroatoms. The van der Waals surface area contributed by atoms with E-state index in [4.69, 9.17) is 0 Å². The monoisotopic (exact) mass is 228 g/mol. The van der Waals surface area contributed by atoms with Gasteiger partial charge in [-0.3, -0.25) is 25.0 Å². The number of carbonyl (C=O) groups is 4. The molecule has 7 nitrogen and oxygen atoms in total. The van der Waals surface area contributed by atoms with E-state index < -0.39 is 35.7 Å². The van der Waals surface area contributed by atoms with Crippen molar-refractivity contribution < 1.29 is 23.9 Å². The number of amides is 4. The number of methoxy groups -OCH3 is 1. The molecule has 0 saturated carbocycles. The normalized spacial score (nSPS) is 18.8. The maximum atomic E-state index is 11.3. The second-order valence-corrected chi connectivity index (χ2v) is 3.52. The van der Waals surface area contributed by atoms with Gasteiger partial charge in [-0.25, -0.2) is 4.79 Å². The number of barbiturate groups is 1. The van der Waals surface area contributed by atoms with E-state index in [1.807, 2.05) is 10.6 Å². The fraction of sp³-hybridized carbons (Fsp3) is 0.556. The van der Waals surface area contributed by atoms with Gasteiger partial charge in [0.15, 0.2) is 0 Å². The fourth-order valence-electron chi connectivity index (χ4n) is 1.41. The molecule has 0 aromatic rings. The van der Waals surface area contributed by atoms with Crippen LogP contribution in [0.5, 0.6) is 0 Å². The molecule has 2 N–H and O–H groups in total. The first kappa shape index (κ1) is 12.2. The minimum Gasteiger partial charge on any atom is -0.469 e. The highest BCUT2D eigenvalue weighted by atomic mass is 16.5. The molecular weight excluding hydrogens is 216 g/mol. The lowest BCUT2D eigenvalue weighted by Gasteiger charge is -2.22.